The molecule has 0 saturated carbocycles. The molecule has 0 aromatic heterocycles. The van der Waals surface area contributed by atoms with Crippen molar-refractivity contribution >= 4 is 5.97 Å². The zero-order valence-corrected chi connectivity index (χ0v) is 7.17. The van der Waals surface area contributed by atoms with Crippen LogP contribution in [0.4, 0.5) is 8.78 Å². The first-order valence-electron chi connectivity index (χ1n) is 3.89. The maximum Gasteiger partial charge on any atom is 0.306 e. The molecule has 3 nitrogen and oxygen atoms in total. The fourth-order valence-corrected chi connectivity index (χ4v) is 0.841. The van der Waals surface area contributed by atoms with Crippen LogP contribution in [-0.2, 0) is 4.79 Å². The fourth-order valence-electron chi connectivity index (χ4n) is 0.841. The third-order valence-electron chi connectivity index (χ3n) is 1.47. The summed E-state index contributed by atoms with van der Waals surface area (Å²) in [4.78, 5) is 10.1. The van der Waals surface area contributed by atoms with Gasteiger partial charge in [-0.05, 0) is 12.1 Å². The highest BCUT2D eigenvalue weighted by Crippen LogP contribution is 2.17. The number of rotatable bonds is 4. The van der Waals surface area contributed by atoms with E-state index in [-0.39, 0.29) is 18.8 Å². The standard InChI is InChI=1S/C9H8F2O3/c10-6-1-2-8(7(11)5-6)14-4-3-9(12)13/h1-2,5H,3-4H2,(H,12,13). The van der Waals surface area contributed by atoms with Crippen LogP contribution in [0.3, 0.4) is 0 Å². The lowest BCUT2D eigenvalue weighted by molar-refractivity contribution is -0.137. The van der Waals surface area contributed by atoms with E-state index >= 15 is 0 Å². The molecule has 0 aliphatic heterocycles. The first-order valence-corrected chi connectivity index (χ1v) is 3.89. The van der Waals surface area contributed by atoms with Crippen molar-refractivity contribution in [2.45, 2.75) is 6.42 Å². The van der Waals surface area contributed by atoms with E-state index in [2.05, 4.69) is 0 Å². The Labute approximate surface area is 78.9 Å². The highest BCUT2D eigenvalue weighted by atomic mass is 19.1. The number of hydrogen-bond acceptors (Lipinski definition) is 2. The summed E-state index contributed by atoms with van der Waals surface area (Å²) in [6, 6.07) is 2.84. The first-order chi connectivity index (χ1) is 6.59. The zero-order valence-electron chi connectivity index (χ0n) is 7.17. The molecule has 1 rings (SSSR count). The molecule has 0 spiro atoms. The smallest absolute Gasteiger partial charge is 0.306 e. The minimum atomic E-state index is -1.03. The number of carbonyl (C=O) groups is 1. The van der Waals surface area contributed by atoms with Gasteiger partial charge in [0.15, 0.2) is 11.6 Å². The predicted molar refractivity (Wildman–Crippen MR) is 44.1 cm³/mol. The van der Waals surface area contributed by atoms with E-state index < -0.39 is 17.6 Å². The monoisotopic (exact) mass is 202 g/mol. The summed E-state index contributed by atoms with van der Waals surface area (Å²) in [5.74, 6) is -2.72. The van der Waals surface area contributed by atoms with Gasteiger partial charge in [-0.15, -0.1) is 0 Å². The fraction of sp³-hybridized carbons (Fsp3) is 0.222. The van der Waals surface area contributed by atoms with Gasteiger partial charge in [0, 0.05) is 6.07 Å². The average Bonchev–Trinajstić information content (AvgIpc) is 2.08. The third kappa shape index (κ3) is 3.01. The summed E-state index contributed by atoms with van der Waals surface area (Å²) in [5.41, 5.74) is 0. The predicted octanol–water partition coefficient (Wildman–Crippen LogP) is 1.82. The van der Waals surface area contributed by atoms with Crippen molar-refractivity contribution in [1.29, 1.82) is 0 Å². The highest BCUT2D eigenvalue weighted by Gasteiger charge is 2.05. The third-order valence-corrected chi connectivity index (χ3v) is 1.47. The summed E-state index contributed by atoms with van der Waals surface area (Å²) in [5, 5.41) is 8.27. The number of halogens is 2. The van der Waals surface area contributed by atoms with Gasteiger partial charge in [0.2, 0.25) is 0 Å². The van der Waals surface area contributed by atoms with Gasteiger partial charge in [-0.3, -0.25) is 4.79 Å². The SMILES string of the molecule is O=C(O)CCOc1ccc(F)cc1F. The van der Waals surface area contributed by atoms with Crippen LogP contribution < -0.4 is 4.74 Å². The number of carboxylic acids is 1. The van der Waals surface area contributed by atoms with E-state index in [0.29, 0.717) is 6.07 Å². The number of benzene rings is 1. The van der Waals surface area contributed by atoms with Crippen molar-refractivity contribution in [2.75, 3.05) is 6.61 Å². The molecule has 5 heteroatoms. The van der Waals surface area contributed by atoms with Gasteiger partial charge in [-0.1, -0.05) is 0 Å². The van der Waals surface area contributed by atoms with Gasteiger partial charge in [0.1, 0.15) is 5.82 Å². The van der Waals surface area contributed by atoms with E-state index in [1.165, 1.54) is 0 Å². The summed E-state index contributed by atoms with van der Waals surface area (Å²) >= 11 is 0. The van der Waals surface area contributed by atoms with Crippen LogP contribution in [-0.4, -0.2) is 17.7 Å². The minimum Gasteiger partial charge on any atom is -0.490 e. The van der Waals surface area contributed by atoms with Gasteiger partial charge < -0.3 is 9.84 Å². The average molecular weight is 202 g/mol. The quantitative estimate of drug-likeness (QED) is 0.809. The summed E-state index contributed by atoms with van der Waals surface area (Å²) in [7, 11) is 0. The van der Waals surface area contributed by atoms with Gasteiger partial charge in [-0.2, -0.15) is 0 Å². The van der Waals surface area contributed by atoms with Crippen molar-refractivity contribution in [3.8, 4) is 5.75 Å². The Bertz CT molecular complexity index is 339. The Balaban J connectivity index is 2.55. The molecule has 0 amide bonds. The number of hydrogen-bond donors (Lipinski definition) is 1. The van der Waals surface area contributed by atoms with Crippen LogP contribution in [0, 0.1) is 11.6 Å². The molecule has 0 atom stereocenters. The number of aliphatic carboxylic acids is 1. The largest absolute Gasteiger partial charge is 0.490 e. The van der Waals surface area contributed by atoms with Crippen molar-refractivity contribution in [3.05, 3.63) is 29.8 Å². The van der Waals surface area contributed by atoms with Crippen LogP contribution in [0.2, 0.25) is 0 Å². The van der Waals surface area contributed by atoms with E-state index in [4.69, 9.17) is 9.84 Å². The molecule has 0 saturated heterocycles. The molecule has 0 aliphatic carbocycles. The van der Waals surface area contributed by atoms with Crippen LogP contribution in [0.1, 0.15) is 6.42 Å². The van der Waals surface area contributed by atoms with E-state index in [1.807, 2.05) is 0 Å². The van der Waals surface area contributed by atoms with Gasteiger partial charge in [-0.25, -0.2) is 8.78 Å². The Morgan fingerprint density at radius 2 is 2.14 bits per heavy atom. The lowest BCUT2D eigenvalue weighted by Gasteiger charge is -2.04. The molecule has 14 heavy (non-hydrogen) atoms. The Hall–Kier alpha value is -1.65. The molecule has 0 fully saturated rings. The highest BCUT2D eigenvalue weighted by molar-refractivity contribution is 5.66. The van der Waals surface area contributed by atoms with E-state index in [9.17, 15) is 13.6 Å². The van der Waals surface area contributed by atoms with Crippen LogP contribution in [0.5, 0.6) is 5.75 Å². The molecule has 1 aromatic rings. The summed E-state index contributed by atoms with van der Waals surface area (Å²) in [6.45, 7) is -0.141. The van der Waals surface area contributed by atoms with Crippen molar-refractivity contribution < 1.29 is 23.4 Å². The Morgan fingerprint density at radius 3 is 2.71 bits per heavy atom. The van der Waals surface area contributed by atoms with Gasteiger partial charge in [0.25, 0.3) is 0 Å². The lowest BCUT2D eigenvalue weighted by Crippen LogP contribution is -2.05. The summed E-state index contributed by atoms with van der Waals surface area (Å²) in [6.07, 6.45) is -0.225. The second-order valence-electron chi connectivity index (χ2n) is 2.57. The molecular weight excluding hydrogens is 194 g/mol. The number of ether oxygens (including phenoxy) is 1. The first kappa shape index (κ1) is 10.4. The van der Waals surface area contributed by atoms with Crippen molar-refractivity contribution in [1.82, 2.24) is 0 Å². The van der Waals surface area contributed by atoms with Crippen molar-refractivity contribution in [2.24, 2.45) is 0 Å². The molecule has 0 unspecified atom stereocenters. The van der Waals surface area contributed by atoms with E-state index in [0.717, 1.165) is 12.1 Å². The Morgan fingerprint density at radius 1 is 1.43 bits per heavy atom. The summed E-state index contributed by atoms with van der Waals surface area (Å²) < 4.78 is 30.1. The van der Waals surface area contributed by atoms with Crippen LogP contribution >= 0.6 is 0 Å². The van der Waals surface area contributed by atoms with Crippen molar-refractivity contribution in [3.63, 3.8) is 0 Å². The molecule has 76 valence electrons. The lowest BCUT2D eigenvalue weighted by atomic mass is 10.3. The molecule has 0 radical (unpaired) electrons. The van der Waals surface area contributed by atoms with Gasteiger partial charge >= 0.3 is 5.97 Å². The topological polar surface area (TPSA) is 46.5 Å². The van der Waals surface area contributed by atoms with Gasteiger partial charge in [0.05, 0.1) is 13.0 Å². The molecule has 0 bridgehead atoms. The second-order valence-corrected chi connectivity index (χ2v) is 2.57. The minimum absolute atomic E-state index is 0.141. The normalized spacial score (nSPS) is 9.86. The van der Waals surface area contributed by atoms with E-state index in [1.54, 1.807) is 0 Å². The number of carboxylic acid groups (broad SMARTS) is 1. The molecule has 1 aromatic carbocycles. The maximum atomic E-state index is 12.9. The molecule has 0 aliphatic rings. The Kier molecular flexibility index (Phi) is 3.39. The molecular formula is C9H8F2O3. The van der Waals surface area contributed by atoms with Crippen LogP contribution in [0.25, 0.3) is 0 Å². The molecule has 1 N–H and O–H groups in total. The second kappa shape index (κ2) is 4.55. The zero-order chi connectivity index (χ0) is 10.6. The molecule has 0 heterocycles. The maximum absolute atomic E-state index is 12.9. The van der Waals surface area contributed by atoms with Crippen LogP contribution in [0.15, 0.2) is 18.2 Å².